The second kappa shape index (κ2) is 11.1. The Hall–Kier alpha value is -3.36. The Balaban J connectivity index is 1.49. The minimum Gasteiger partial charge on any atom is -0.495 e. The second-order valence-electron chi connectivity index (χ2n) is 8.71. The first-order valence-corrected chi connectivity index (χ1v) is 13.5. The van der Waals surface area contributed by atoms with E-state index in [0.29, 0.717) is 35.7 Å². The molecule has 1 amide bonds. The Kier molecular flexibility index (Phi) is 7.96. The van der Waals surface area contributed by atoms with E-state index in [-0.39, 0.29) is 28.8 Å². The van der Waals surface area contributed by atoms with Crippen LogP contribution in [0, 0.1) is 0 Å². The molecule has 190 valence electrons. The largest absolute Gasteiger partial charge is 0.495 e. The first-order valence-electron chi connectivity index (χ1n) is 11.9. The number of carbonyl (C=O) groups excluding carboxylic acids is 1. The number of para-hydroxylation sites is 1. The van der Waals surface area contributed by atoms with E-state index in [2.05, 4.69) is 0 Å². The fourth-order valence-corrected chi connectivity index (χ4v) is 6.03. The highest BCUT2D eigenvalue weighted by molar-refractivity contribution is 7.90. The second-order valence-corrected chi connectivity index (χ2v) is 10.7. The number of nitrogens with zero attached hydrogens (tertiary/aromatic N) is 1. The fourth-order valence-electron chi connectivity index (χ4n) is 4.51. The molecular weight excluding hydrogens is 478 g/mol. The number of methoxy groups -OCH3 is 2. The van der Waals surface area contributed by atoms with Crippen molar-refractivity contribution in [1.82, 2.24) is 4.90 Å². The van der Waals surface area contributed by atoms with Crippen LogP contribution in [0.2, 0.25) is 0 Å². The Labute approximate surface area is 212 Å². The molecule has 36 heavy (non-hydrogen) atoms. The molecule has 0 aromatic heterocycles. The van der Waals surface area contributed by atoms with Crippen molar-refractivity contribution in [2.45, 2.75) is 36.2 Å². The average molecular weight is 510 g/mol. The minimum absolute atomic E-state index is 0.0442. The normalized spacial score (nSPS) is 17.7. The summed E-state index contributed by atoms with van der Waals surface area (Å²) in [5, 5.41) is 0. The predicted molar refractivity (Wildman–Crippen MR) is 137 cm³/mol. The maximum Gasteiger partial charge on any atom is 0.254 e. The molecule has 1 aliphatic rings. The van der Waals surface area contributed by atoms with Gasteiger partial charge in [-0.2, -0.15) is 0 Å². The van der Waals surface area contributed by atoms with Gasteiger partial charge >= 0.3 is 0 Å². The van der Waals surface area contributed by atoms with Gasteiger partial charge in [0.25, 0.3) is 5.91 Å². The molecule has 4 rings (SSSR count). The van der Waals surface area contributed by atoms with Crippen molar-refractivity contribution in [2.24, 2.45) is 0 Å². The summed E-state index contributed by atoms with van der Waals surface area (Å²) in [5.41, 5.74) is 2.29. The lowest BCUT2D eigenvalue weighted by molar-refractivity contribution is 0.0339. The van der Waals surface area contributed by atoms with Gasteiger partial charge < -0.3 is 19.1 Å². The summed E-state index contributed by atoms with van der Waals surface area (Å²) in [6.07, 6.45) is 0.0889. The maximum absolute atomic E-state index is 13.2. The maximum atomic E-state index is 13.2. The molecule has 1 heterocycles. The van der Waals surface area contributed by atoms with Crippen LogP contribution < -0.4 is 9.47 Å². The van der Waals surface area contributed by atoms with E-state index in [1.54, 1.807) is 60.5 Å². The minimum atomic E-state index is -3.63. The van der Waals surface area contributed by atoms with E-state index in [1.165, 1.54) is 7.11 Å². The molecule has 7 nitrogen and oxygen atoms in total. The van der Waals surface area contributed by atoms with Crippen LogP contribution in [0.4, 0.5) is 0 Å². The summed E-state index contributed by atoms with van der Waals surface area (Å²) in [6.45, 7) is 2.82. The van der Waals surface area contributed by atoms with Crippen LogP contribution in [-0.2, 0) is 26.7 Å². The van der Waals surface area contributed by atoms with Crippen molar-refractivity contribution < 1.29 is 27.4 Å². The van der Waals surface area contributed by atoms with Gasteiger partial charge in [0.1, 0.15) is 28.6 Å². The molecule has 1 fully saturated rings. The molecule has 0 aliphatic carbocycles. The molecule has 2 atom stereocenters. The summed E-state index contributed by atoms with van der Waals surface area (Å²) in [4.78, 5) is 15.1. The predicted octanol–water partition coefficient (Wildman–Crippen LogP) is 4.15. The molecule has 3 aromatic rings. The molecule has 0 saturated carbocycles. The lowest BCUT2D eigenvalue weighted by atomic mass is 10.0. The van der Waals surface area contributed by atoms with Crippen molar-refractivity contribution in [3.63, 3.8) is 0 Å². The van der Waals surface area contributed by atoms with Crippen LogP contribution in [-0.4, -0.2) is 58.7 Å². The van der Waals surface area contributed by atoms with Crippen LogP contribution in [0.15, 0.2) is 77.7 Å². The standard InChI is InChI=1S/C28H31NO6S/c1-4-21-11-5-6-13-23(21)28(30)29-17-25(34-3)26(18-29)35-22-12-9-10-20(16-22)19-36(31,32)27-15-8-7-14-24(27)33-2/h5-16,25-26H,4,17-19H2,1-3H3/t25-,26-/m1/s1. The Morgan fingerprint density at radius 2 is 1.67 bits per heavy atom. The number of benzene rings is 3. The van der Waals surface area contributed by atoms with E-state index in [0.717, 1.165) is 12.0 Å². The van der Waals surface area contributed by atoms with E-state index in [9.17, 15) is 13.2 Å². The van der Waals surface area contributed by atoms with E-state index < -0.39 is 9.84 Å². The van der Waals surface area contributed by atoms with Gasteiger partial charge in [-0.1, -0.05) is 49.4 Å². The van der Waals surface area contributed by atoms with Crippen LogP contribution in [0.3, 0.4) is 0 Å². The van der Waals surface area contributed by atoms with Gasteiger partial charge in [0.15, 0.2) is 9.84 Å². The van der Waals surface area contributed by atoms with E-state index in [4.69, 9.17) is 14.2 Å². The number of carbonyl (C=O) groups is 1. The molecule has 3 aromatic carbocycles. The van der Waals surface area contributed by atoms with Gasteiger partial charge in [-0.05, 0) is 47.9 Å². The van der Waals surface area contributed by atoms with Crippen LogP contribution >= 0.6 is 0 Å². The van der Waals surface area contributed by atoms with E-state index in [1.807, 2.05) is 31.2 Å². The molecule has 0 radical (unpaired) electrons. The molecule has 0 spiro atoms. The number of aryl methyl sites for hydroxylation is 1. The highest BCUT2D eigenvalue weighted by Crippen LogP contribution is 2.28. The van der Waals surface area contributed by atoms with Gasteiger partial charge in [0.05, 0.1) is 26.0 Å². The van der Waals surface area contributed by atoms with Crippen LogP contribution in [0.5, 0.6) is 11.5 Å². The van der Waals surface area contributed by atoms with Gasteiger partial charge in [-0.3, -0.25) is 4.79 Å². The number of hydrogen-bond acceptors (Lipinski definition) is 6. The molecule has 0 unspecified atom stereocenters. The van der Waals surface area contributed by atoms with Gasteiger partial charge in [-0.15, -0.1) is 0 Å². The van der Waals surface area contributed by atoms with Crippen molar-refractivity contribution in [2.75, 3.05) is 27.3 Å². The highest BCUT2D eigenvalue weighted by atomic mass is 32.2. The number of hydrogen-bond donors (Lipinski definition) is 0. The summed E-state index contributed by atoms with van der Waals surface area (Å²) < 4.78 is 43.2. The SMILES string of the molecule is CCc1ccccc1C(=O)N1C[C@@H](OC)[C@H](Oc2cccc(CS(=O)(=O)c3ccccc3OC)c2)C1. The Bertz CT molecular complexity index is 1320. The monoisotopic (exact) mass is 509 g/mol. The Morgan fingerprint density at radius 3 is 2.42 bits per heavy atom. The van der Waals surface area contributed by atoms with E-state index >= 15 is 0 Å². The van der Waals surface area contributed by atoms with Crippen LogP contribution in [0.1, 0.15) is 28.4 Å². The molecule has 8 heteroatoms. The van der Waals surface area contributed by atoms with Crippen molar-refractivity contribution in [1.29, 1.82) is 0 Å². The van der Waals surface area contributed by atoms with Crippen molar-refractivity contribution in [3.05, 3.63) is 89.5 Å². The number of ether oxygens (including phenoxy) is 3. The van der Waals surface area contributed by atoms with Crippen LogP contribution in [0.25, 0.3) is 0 Å². The number of sulfone groups is 1. The quantitative estimate of drug-likeness (QED) is 0.431. The zero-order valence-corrected chi connectivity index (χ0v) is 21.5. The smallest absolute Gasteiger partial charge is 0.254 e. The molecule has 1 aliphatic heterocycles. The third-order valence-electron chi connectivity index (χ3n) is 6.38. The van der Waals surface area contributed by atoms with Crippen molar-refractivity contribution >= 4 is 15.7 Å². The average Bonchev–Trinajstić information content (AvgIpc) is 3.30. The highest BCUT2D eigenvalue weighted by Gasteiger charge is 2.38. The zero-order chi connectivity index (χ0) is 25.7. The summed E-state index contributed by atoms with van der Waals surface area (Å²) in [6, 6.07) is 21.2. The van der Waals surface area contributed by atoms with Gasteiger partial charge in [-0.25, -0.2) is 8.42 Å². The topological polar surface area (TPSA) is 82.1 Å². The number of rotatable bonds is 9. The first-order chi connectivity index (χ1) is 17.4. The third kappa shape index (κ3) is 5.55. The molecule has 0 N–H and O–H groups in total. The van der Waals surface area contributed by atoms with Gasteiger partial charge in [0, 0.05) is 12.7 Å². The fraction of sp³-hybridized carbons (Fsp3) is 0.321. The Morgan fingerprint density at radius 1 is 0.944 bits per heavy atom. The molecule has 1 saturated heterocycles. The number of likely N-dealkylation sites (tertiary alicyclic amines) is 1. The summed E-state index contributed by atoms with van der Waals surface area (Å²) in [7, 11) is -0.579. The number of amides is 1. The van der Waals surface area contributed by atoms with Gasteiger partial charge in [0.2, 0.25) is 0 Å². The lowest BCUT2D eigenvalue weighted by Gasteiger charge is -2.19. The summed E-state index contributed by atoms with van der Waals surface area (Å²) in [5.74, 6) is 0.602. The molecular formula is C28H31NO6S. The first kappa shape index (κ1) is 25.7. The third-order valence-corrected chi connectivity index (χ3v) is 8.10. The lowest BCUT2D eigenvalue weighted by Crippen LogP contribution is -2.32. The molecule has 0 bridgehead atoms. The zero-order valence-electron chi connectivity index (χ0n) is 20.7. The van der Waals surface area contributed by atoms with Crippen molar-refractivity contribution in [3.8, 4) is 11.5 Å². The summed E-state index contributed by atoms with van der Waals surface area (Å²) >= 11 is 0.